The SMILES string of the molecule is CNC1SC(C(=O)C=CC#N)=C(C)N1N(C)C. The zero-order valence-electron chi connectivity index (χ0n) is 10.4. The lowest BCUT2D eigenvalue weighted by molar-refractivity contribution is -0.110. The van der Waals surface area contributed by atoms with Gasteiger partial charge in [-0.3, -0.25) is 15.1 Å². The largest absolute Gasteiger partial charge is 0.290 e. The number of carbonyl (C=O) groups excluding carboxylic acids is 1. The molecule has 6 heteroatoms. The van der Waals surface area contributed by atoms with E-state index in [1.807, 2.05) is 44.2 Å². The number of ketones is 1. The molecule has 0 saturated carbocycles. The van der Waals surface area contributed by atoms with Crippen molar-refractivity contribution in [3.05, 3.63) is 22.8 Å². The Morgan fingerprint density at radius 1 is 1.65 bits per heavy atom. The standard InChI is InChI=1S/C11H16N4OS/c1-8-10(9(16)6-5-7-12)17-11(13-2)15(8)14(3)4/h5-6,11,13H,1-4H3. The predicted molar refractivity (Wildman–Crippen MR) is 68.4 cm³/mol. The quantitative estimate of drug-likeness (QED) is 0.592. The summed E-state index contributed by atoms with van der Waals surface area (Å²) in [6.07, 6.45) is 2.51. The molecular formula is C11H16N4OS. The maximum absolute atomic E-state index is 11.9. The van der Waals surface area contributed by atoms with Gasteiger partial charge in [0.1, 0.15) is 5.50 Å². The van der Waals surface area contributed by atoms with E-state index in [0.29, 0.717) is 4.91 Å². The van der Waals surface area contributed by atoms with Crippen molar-refractivity contribution in [1.82, 2.24) is 15.3 Å². The van der Waals surface area contributed by atoms with E-state index >= 15 is 0 Å². The molecule has 1 aliphatic rings. The fraction of sp³-hybridized carbons (Fsp3) is 0.455. The summed E-state index contributed by atoms with van der Waals surface area (Å²) >= 11 is 1.46. The van der Waals surface area contributed by atoms with Crippen LogP contribution in [0.1, 0.15) is 6.92 Å². The van der Waals surface area contributed by atoms with Crippen LogP contribution in [0.5, 0.6) is 0 Å². The first-order chi connectivity index (χ1) is 8.02. The average Bonchev–Trinajstić information content (AvgIpc) is 2.63. The molecule has 0 aromatic rings. The van der Waals surface area contributed by atoms with Crippen molar-refractivity contribution in [2.75, 3.05) is 21.1 Å². The molecule has 1 aliphatic heterocycles. The summed E-state index contributed by atoms with van der Waals surface area (Å²) in [5.74, 6) is -0.126. The minimum atomic E-state index is -0.126. The Labute approximate surface area is 106 Å². The number of carbonyl (C=O) groups is 1. The minimum Gasteiger partial charge on any atom is -0.290 e. The molecule has 0 amide bonds. The molecular weight excluding hydrogens is 236 g/mol. The van der Waals surface area contributed by atoms with Gasteiger partial charge in [0.25, 0.3) is 0 Å². The smallest absolute Gasteiger partial charge is 0.194 e. The zero-order chi connectivity index (χ0) is 13.0. The second-order valence-corrected chi connectivity index (χ2v) is 4.78. The number of nitrogens with zero attached hydrogens (tertiary/aromatic N) is 3. The molecule has 0 aliphatic carbocycles. The van der Waals surface area contributed by atoms with Crippen LogP contribution in [0.2, 0.25) is 0 Å². The Hall–Kier alpha value is -1.29. The Balaban J connectivity index is 2.97. The minimum absolute atomic E-state index is 0.0134. The Kier molecular flexibility index (Phi) is 4.75. The van der Waals surface area contributed by atoms with Crippen LogP contribution in [0.15, 0.2) is 22.8 Å². The van der Waals surface area contributed by atoms with Gasteiger partial charge < -0.3 is 0 Å². The van der Waals surface area contributed by atoms with Crippen molar-refractivity contribution in [1.29, 1.82) is 5.26 Å². The molecule has 0 radical (unpaired) electrons. The molecule has 0 fully saturated rings. The van der Waals surface area contributed by atoms with Gasteiger partial charge in [-0.1, -0.05) is 11.8 Å². The maximum atomic E-state index is 11.9. The Morgan fingerprint density at radius 3 is 2.71 bits per heavy atom. The summed E-state index contributed by atoms with van der Waals surface area (Å²) in [6.45, 7) is 1.90. The highest BCUT2D eigenvalue weighted by atomic mass is 32.2. The lowest BCUT2D eigenvalue weighted by Crippen LogP contribution is -2.45. The van der Waals surface area contributed by atoms with Gasteiger partial charge in [-0.15, -0.1) is 0 Å². The number of thioether (sulfide) groups is 1. The van der Waals surface area contributed by atoms with Crippen molar-refractivity contribution in [2.45, 2.75) is 12.4 Å². The van der Waals surface area contributed by atoms with E-state index in [4.69, 9.17) is 5.26 Å². The first-order valence-electron chi connectivity index (χ1n) is 5.14. The average molecular weight is 252 g/mol. The third kappa shape index (κ3) is 2.88. The van der Waals surface area contributed by atoms with E-state index in [9.17, 15) is 4.79 Å². The van der Waals surface area contributed by atoms with Gasteiger partial charge in [0.05, 0.1) is 11.0 Å². The highest BCUT2D eigenvalue weighted by molar-refractivity contribution is 8.04. The molecule has 0 aromatic carbocycles. The molecule has 1 atom stereocenters. The van der Waals surface area contributed by atoms with Gasteiger partial charge in [0, 0.05) is 25.9 Å². The second kappa shape index (κ2) is 5.87. The predicted octanol–water partition coefficient (Wildman–Crippen LogP) is 0.895. The van der Waals surface area contributed by atoms with Crippen molar-refractivity contribution in [3.63, 3.8) is 0 Å². The molecule has 5 nitrogen and oxygen atoms in total. The van der Waals surface area contributed by atoms with Crippen LogP contribution < -0.4 is 5.32 Å². The van der Waals surface area contributed by atoms with Crippen LogP contribution in [-0.2, 0) is 4.79 Å². The van der Waals surface area contributed by atoms with E-state index in [0.717, 1.165) is 5.70 Å². The van der Waals surface area contributed by atoms with Crippen LogP contribution in [-0.4, -0.2) is 42.4 Å². The molecule has 1 rings (SSSR count). The van der Waals surface area contributed by atoms with Crippen molar-refractivity contribution in [3.8, 4) is 6.07 Å². The third-order valence-corrected chi connectivity index (χ3v) is 3.73. The summed E-state index contributed by atoms with van der Waals surface area (Å²) in [5.41, 5.74) is 0.909. The number of rotatable bonds is 4. The normalized spacial score (nSPS) is 20.5. The third-order valence-electron chi connectivity index (χ3n) is 2.33. The zero-order valence-corrected chi connectivity index (χ0v) is 11.2. The van der Waals surface area contributed by atoms with Crippen LogP contribution in [0.3, 0.4) is 0 Å². The molecule has 0 saturated heterocycles. The summed E-state index contributed by atoms with van der Waals surface area (Å²) in [7, 11) is 5.69. The fourth-order valence-corrected chi connectivity index (χ4v) is 2.88. The van der Waals surface area contributed by atoms with Crippen LogP contribution in [0.4, 0.5) is 0 Å². The van der Waals surface area contributed by atoms with Crippen molar-refractivity contribution in [2.24, 2.45) is 0 Å². The number of nitriles is 1. The Bertz CT molecular complexity index is 408. The maximum Gasteiger partial charge on any atom is 0.194 e. The van der Waals surface area contributed by atoms with Crippen LogP contribution in [0, 0.1) is 11.3 Å². The molecule has 17 heavy (non-hydrogen) atoms. The van der Waals surface area contributed by atoms with E-state index in [2.05, 4.69) is 5.32 Å². The first-order valence-corrected chi connectivity index (χ1v) is 6.02. The van der Waals surface area contributed by atoms with Gasteiger partial charge in [-0.25, -0.2) is 5.01 Å². The molecule has 0 aromatic heterocycles. The van der Waals surface area contributed by atoms with E-state index in [-0.39, 0.29) is 11.3 Å². The lowest BCUT2D eigenvalue weighted by atomic mass is 10.3. The van der Waals surface area contributed by atoms with Gasteiger partial charge in [-0.05, 0) is 20.0 Å². The molecule has 0 spiro atoms. The number of hydrazine groups is 1. The van der Waals surface area contributed by atoms with Gasteiger partial charge >= 0.3 is 0 Å². The van der Waals surface area contributed by atoms with Gasteiger partial charge in [-0.2, -0.15) is 5.26 Å². The highest BCUT2D eigenvalue weighted by Crippen LogP contribution is 2.37. The monoisotopic (exact) mass is 252 g/mol. The van der Waals surface area contributed by atoms with E-state index < -0.39 is 0 Å². The number of allylic oxidation sites excluding steroid dienone is 4. The molecule has 0 bridgehead atoms. The topological polar surface area (TPSA) is 59.4 Å². The first kappa shape index (κ1) is 13.8. The molecule has 92 valence electrons. The highest BCUT2D eigenvalue weighted by Gasteiger charge is 2.33. The molecule has 1 unspecified atom stereocenters. The summed E-state index contributed by atoms with van der Waals surface area (Å²) < 4.78 is 0. The van der Waals surface area contributed by atoms with E-state index in [1.54, 1.807) is 0 Å². The van der Waals surface area contributed by atoms with Crippen LogP contribution in [0.25, 0.3) is 0 Å². The van der Waals surface area contributed by atoms with Gasteiger partial charge in [0.2, 0.25) is 0 Å². The second-order valence-electron chi connectivity index (χ2n) is 3.69. The fourth-order valence-electron chi connectivity index (χ4n) is 1.64. The Morgan fingerprint density at radius 2 is 2.29 bits per heavy atom. The lowest BCUT2D eigenvalue weighted by Gasteiger charge is -2.32. The van der Waals surface area contributed by atoms with Crippen molar-refractivity contribution < 1.29 is 4.79 Å². The summed E-state index contributed by atoms with van der Waals surface area (Å²) in [5, 5.41) is 15.5. The number of nitrogens with one attached hydrogen (secondary N) is 1. The van der Waals surface area contributed by atoms with E-state index in [1.165, 1.54) is 23.9 Å². The van der Waals surface area contributed by atoms with Crippen LogP contribution >= 0.6 is 11.8 Å². The summed E-state index contributed by atoms with van der Waals surface area (Å²) in [6, 6.07) is 1.82. The molecule has 1 heterocycles. The number of hydrogen-bond acceptors (Lipinski definition) is 6. The number of hydrogen-bond donors (Lipinski definition) is 1. The summed E-state index contributed by atoms with van der Waals surface area (Å²) in [4.78, 5) is 12.5. The molecule has 1 N–H and O–H groups in total. The van der Waals surface area contributed by atoms with Gasteiger partial charge in [0.15, 0.2) is 5.78 Å². The van der Waals surface area contributed by atoms with Crippen molar-refractivity contribution >= 4 is 17.5 Å².